The third-order valence-corrected chi connectivity index (χ3v) is 3.29. The number of nitrogens with zero attached hydrogens (tertiary/aromatic N) is 3. The minimum Gasteiger partial charge on any atom is -0.417 e. The highest BCUT2D eigenvalue weighted by atomic mass is 16.4. The van der Waals surface area contributed by atoms with Crippen LogP contribution in [0, 0.1) is 0 Å². The minimum absolute atomic E-state index is 0.0241. The van der Waals surface area contributed by atoms with Crippen LogP contribution >= 0.6 is 0 Å². The van der Waals surface area contributed by atoms with E-state index >= 15 is 0 Å². The third-order valence-electron chi connectivity index (χ3n) is 3.29. The molecule has 0 aliphatic carbocycles. The minimum atomic E-state index is -0.394. The quantitative estimate of drug-likeness (QED) is 0.755. The molecule has 0 radical (unpaired) electrons. The molecule has 0 atom stereocenters. The van der Waals surface area contributed by atoms with Gasteiger partial charge in [0.2, 0.25) is 5.89 Å². The first-order chi connectivity index (χ1) is 11.3. The van der Waals surface area contributed by atoms with Crippen molar-refractivity contribution in [2.24, 2.45) is 0 Å². The molecule has 3 aromatic rings. The van der Waals surface area contributed by atoms with Gasteiger partial charge in [-0.3, -0.25) is 9.78 Å². The molecule has 2 heterocycles. The second-order valence-electron chi connectivity index (χ2n) is 4.99. The average Bonchev–Trinajstić information content (AvgIpc) is 3.09. The number of pyridine rings is 1. The molecule has 0 saturated carbocycles. The Morgan fingerprint density at radius 1 is 1.00 bits per heavy atom. The lowest BCUT2D eigenvalue weighted by Gasteiger charge is -2.01. The van der Waals surface area contributed by atoms with E-state index in [2.05, 4.69) is 20.5 Å². The molecule has 0 fully saturated rings. The average molecular weight is 308 g/mol. The number of nitrogens with one attached hydrogen (secondary N) is 1. The summed E-state index contributed by atoms with van der Waals surface area (Å²) in [7, 11) is 0. The number of carbonyl (C=O) groups excluding carboxylic acids is 1. The van der Waals surface area contributed by atoms with Crippen LogP contribution in [0.3, 0.4) is 0 Å². The van der Waals surface area contributed by atoms with Crippen LogP contribution in [-0.4, -0.2) is 21.1 Å². The molecule has 23 heavy (non-hydrogen) atoms. The molecule has 1 amide bonds. The molecule has 0 unspecified atom stereocenters. The van der Waals surface area contributed by atoms with Crippen molar-refractivity contribution in [3.8, 4) is 0 Å². The summed E-state index contributed by atoms with van der Waals surface area (Å²) in [4.78, 5) is 16.1. The topological polar surface area (TPSA) is 80.9 Å². The van der Waals surface area contributed by atoms with Crippen molar-refractivity contribution in [3.63, 3.8) is 0 Å². The van der Waals surface area contributed by atoms with Crippen LogP contribution < -0.4 is 5.32 Å². The van der Waals surface area contributed by atoms with Crippen LogP contribution in [0.2, 0.25) is 0 Å². The Bertz CT molecular complexity index is 757. The highest BCUT2D eigenvalue weighted by Gasteiger charge is 2.14. The summed E-state index contributed by atoms with van der Waals surface area (Å²) in [6, 6.07) is 15.5. The lowest BCUT2D eigenvalue weighted by Crippen LogP contribution is -2.23. The molecule has 6 nitrogen and oxygen atoms in total. The fourth-order valence-corrected chi connectivity index (χ4v) is 2.09. The number of hydrogen-bond acceptors (Lipinski definition) is 5. The van der Waals surface area contributed by atoms with E-state index in [0.29, 0.717) is 18.9 Å². The first-order valence-electron chi connectivity index (χ1n) is 7.35. The van der Waals surface area contributed by atoms with Gasteiger partial charge in [0.15, 0.2) is 0 Å². The summed E-state index contributed by atoms with van der Waals surface area (Å²) in [5, 5.41) is 10.4. The number of aromatic nitrogens is 3. The molecular formula is C17H16N4O2. The van der Waals surface area contributed by atoms with Crippen molar-refractivity contribution in [3.05, 3.63) is 77.8 Å². The molecule has 0 aliphatic heterocycles. The van der Waals surface area contributed by atoms with E-state index in [9.17, 15) is 4.79 Å². The van der Waals surface area contributed by atoms with Crippen molar-refractivity contribution < 1.29 is 9.21 Å². The van der Waals surface area contributed by atoms with E-state index in [0.717, 1.165) is 12.1 Å². The number of benzene rings is 1. The van der Waals surface area contributed by atoms with Gasteiger partial charge in [-0.25, -0.2) is 0 Å². The molecule has 0 aliphatic rings. The van der Waals surface area contributed by atoms with Gasteiger partial charge in [-0.1, -0.05) is 36.4 Å². The number of amides is 1. The third kappa shape index (κ3) is 4.23. The number of aryl methyl sites for hydroxylation is 2. The zero-order chi connectivity index (χ0) is 15.9. The largest absolute Gasteiger partial charge is 0.417 e. The highest BCUT2D eigenvalue weighted by Crippen LogP contribution is 2.07. The number of hydrogen-bond donors (Lipinski definition) is 1. The predicted molar refractivity (Wildman–Crippen MR) is 83.6 cm³/mol. The molecule has 3 rings (SSSR count). The zero-order valence-corrected chi connectivity index (χ0v) is 12.5. The smallest absolute Gasteiger partial charge is 0.309 e. The maximum Gasteiger partial charge on any atom is 0.309 e. The van der Waals surface area contributed by atoms with Crippen molar-refractivity contribution in [1.82, 2.24) is 20.5 Å². The molecular weight excluding hydrogens is 292 g/mol. The lowest BCUT2D eigenvalue weighted by atomic mass is 10.1. The fraction of sp³-hybridized carbons (Fsp3) is 0.176. The van der Waals surface area contributed by atoms with Gasteiger partial charge in [-0.05, 0) is 24.1 Å². The Balaban J connectivity index is 1.53. The van der Waals surface area contributed by atoms with Gasteiger partial charge < -0.3 is 9.73 Å². The van der Waals surface area contributed by atoms with Crippen molar-refractivity contribution in [2.75, 3.05) is 0 Å². The molecule has 0 spiro atoms. The van der Waals surface area contributed by atoms with Crippen LogP contribution in [-0.2, 0) is 19.4 Å². The number of carbonyl (C=O) groups is 1. The molecule has 116 valence electrons. The Hall–Kier alpha value is -3.02. The lowest BCUT2D eigenvalue weighted by molar-refractivity contribution is 0.0914. The maximum absolute atomic E-state index is 12.0. The molecule has 6 heteroatoms. The predicted octanol–water partition coefficient (Wildman–Crippen LogP) is 2.18. The summed E-state index contributed by atoms with van der Waals surface area (Å²) in [5.74, 6) is 0.0370. The van der Waals surface area contributed by atoms with E-state index < -0.39 is 5.91 Å². The monoisotopic (exact) mass is 308 g/mol. The second-order valence-corrected chi connectivity index (χ2v) is 4.99. The zero-order valence-electron chi connectivity index (χ0n) is 12.5. The van der Waals surface area contributed by atoms with Crippen molar-refractivity contribution in [2.45, 2.75) is 19.4 Å². The van der Waals surface area contributed by atoms with Gasteiger partial charge in [0.25, 0.3) is 0 Å². The maximum atomic E-state index is 12.0. The molecule has 2 aromatic heterocycles. The molecule has 0 bridgehead atoms. The van der Waals surface area contributed by atoms with E-state index in [4.69, 9.17) is 4.42 Å². The SMILES string of the molecule is O=C(NCc1ccccn1)c1nnc(CCc2ccccc2)o1. The van der Waals surface area contributed by atoms with Crippen LogP contribution in [0.4, 0.5) is 0 Å². The molecule has 0 saturated heterocycles. The van der Waals surface area contributed by atoms with Crippen molar-refractivity contribution >= 4 is 5.91 Å². The summed E-state index contributed by atoms with van der Waals surface area (Å²) in [6.45, 7) is 0.321. The van der Waals surface area contributed by atoms with Crippen LogP contribution in [0.5, 0.6) is 0 Å². The Kier molecular flexibility index (Phi) is 4.73. The van der Waals surface area contributed by atoms with Crippen LogP contribution in [0.1, 0.15) is 27.8 Å². The summed E-state index contributed by atoms with van der Waals surface area (Å²) >= 11 is 0. The van der Waals surface area contributed by atoms with Gasteiger partial charge in [0.1, 0.15) is 0 Å². The Morgan fingerprint density at radius 2 is 1.83 bits per heavy atom. The molecule has 1 N–H and O–H groups in total. The van der Waals surface area contributed by atoms with Crippen LogP contribution in [0.25, 0.3) is 0 Å². The van der Waals surface area contributed by atoms with Gasteiger partial charge in [0, 0.05) is 12.6 Å². The van der Waals surface area contributed by atoms with E-state index in [-0.39, 0.29) is 5.89 Å². The first-order valence-corrected chi connectivity index (χ1v) is 7.35. The van der Waals surface area contributed by atoms with Crippen molar-refractivity contribution in [1.29, 1.82) is 0 Å². The van der Waals surface area contributed by atoms with E-state index in [1.807, 2.05) is 48.5 Å². The van der Waals surface area contributed by atoms with Gasteiger partial charge in [0.05, 0.1) is 12.2 Å². The summed E-state index contributed by atoms with van der Waals surface area (Å²) in [5.41, 5.74) is 1.96. The Labute approximate surface area is 133 Å². The van der Waals surface area contributed by atoms with Gasteiger partial charge >= 0.3 is 11.8 Å². The van der Waals surface area contributed by atoms with Gasteiger partial charge in [-0.2, -0.15) is 0 Å². The van der Waals surface area contributed by atoms with Crippen LogP contribution in [0.15, 0.2) is 59.1 Å². The fourth-order valence-electron chi connectivity index (χ4n) is 2.09. The van der Waals surface area contributed by atoms with E-state index in [1.54, 1.807) is 6.20 Å². The highest BCUT2D eigenvalue weighted by molar-refractivity contribution is 5.89. The Morgan fingerprint density at radius 3 is 2.61 bits per heavy atom. The molecule has 1 aromatic carbocycles. The summed E-state index contributed by atoms with van der Waals surface area (Å²) < 4.78 is 5.40. The van der Waals surface area contributed by atoms with E-state index in [1.165, 1.54) is 5.56 Å². The summed E-state index contributed by atoms with van der Waals surface area (Å²) in [6.07, 6.45) is 3.07. The first kappa shape index (κ1) is 14.9. The second kappa shape index (κ2) is 7.31. The number of rotatable bonds is 6. The normalized spacial score (nSPS) is 10.4. The standard InChI is InChI=1S/C17H16N4O2/c22-16(19-12-14-8-4-5-11-18-14)17-21-20-15(23-17)10-9-13-6-2-1-3-7-13/h1-8,11H,9-10,12H2,(H,19,22). The van der Waals surface area contributed by atoms with Gasteiger partial charge in [-0.15, -0.1) is 10.2 Å².